The lowest BCUT2D eigenvalue weighted by molar-refractivity contribution is 0.117. The number of aryl methyl sites for hydroxylation is 1. The van der Waals surface area contributed by atoms with Crippen molar-refractivity contribution in [2.24, 2.45) is 11.8 Å². The molecule has 0 atom stereocenters. The lowest BCUT2D eigenvalue weighted by atomic mass is 9.78. The first kappa shape index (κ1) is 21.0. The van der Waals surface area contributed by atoms with Gasteiger partial charge >= 0.3 is 3.93 Å². The Bertz CT molecular complexity index is 522. The predicted octanol–water partition coefficient (Wildman–Crippen LogP) is 7.77. The Labute approximate surface area is 161 Å². The van der Waals surface area contributed by atoms with Crippen LogP contribution in [0.2, 0.25) is 0 Å². The number of hydrogen-bond acceptors (Lipinski definition) is 0. The summed E-state index contributed by atoms with van der Waals surface area (Å²) in [6.07, 6.45) is 11.5. The van der Waals surface area contributed by atoms with E-state index in [4.69, 9.17) is 0 Å². The molecule has 0 aromatic heterocycles. The van der Waals surface area contributed by atoms with Crippen LogP contribution in [0.25, 0.3) is 0 Å². The van der Waals surface area contributed by atoms with E-state index < -0.39 is 21.1 Å². The van der Waals surface area contributed by atoms with Gasteiger partial charge in [-0.15, -0.1) is 0 Å². The SMILES string of the molecule is CCCCCC1CCC(CCc2cc(F)c(C(F)(F)I)c(F)c2)CC1. The van der Waals surface area contributed by atoms with Crippen molar-refractivity contribution in [3.63, 3.8) is 0 Å². The lowest BCUT2D eigenvalue weighted by Crippen LogP contribution is -2.15. The maximum Gasteiger partial charge on any atom is 0.327 e. The molecule has 1 aliphatic rings. The molecule has 0 nitrogen and oxygen atoms in total. The number of unbranched alkanes of at least 4 members (excludes halogenated alkanes) is 2. The van der Waals surface area contributed by atoms with Gasteiger partial charge in [-0.05, 0) is 42.4 Å². The fraction of sp³-hybridized carbons (Fsp3) is 0.700. The quantitative estimate of drug-likeness (QED) is 0.158. The molecule has 1 fully saturated rings. The van der Waals surface area contributed by atoms with Crippen molar-refractivity contribution in [3.05, 3.63) is 34.9 Å². The molecule has 0 radical (unpaired) electrons. The first-order chi connectivity index (χ1) is 11.8. The first-order valence-electron chi connectivity index (χ1n) is 9.36. The van der Waals surface area contributed by atoms with E-state index in [0.717, 1.165) is 47.1 Å². The summed E-state index contributed by atoms with van der Waals surface area (Å²) in [4.78, 5) is 0. The van der Waals surface area contributed by atoms with E-state index in [9.17, 15) is 17.6 Å². The van der Waals surface area contributed by atoms with Crippen molar-refractivity contribution >= 4 is 22.6 Å². The summed E-state index contributed by atoms with van der Waals surface area (Å²) in [6.45, 7) is 2.22. The number of benzene rings is 1. The van der Waals surface area contributed by atoms with Crippen LogP contribution in [0.3, 0.4) is 0 Å². The third kappa shape index (κ3) is 6.40. The summed E-state index contributed by atoms with van der Waals surface area (Å²) in [6, 6.07) is 2.14. The fourth-order valence-electron chi connectivity index (χ4n) is 3.90. The normalized spacial score (nSPS) is 21.5. The Hall–Kier alpha value is -0.330. The summed E-state index contributed by atoms with van der Waals surface area (Å²) in [5.74, 6) is -0.870. The molecule has 1 aromatic carbocycles. The lowest BCUT2D eigenvalue weighted by Gasteiger charge is -2.28. The number of rotatable bonds is 8. The molecular weight excluding hydrogens is 443 g/mol. The van der Waals surface area contributed by atoms with Crippen LogP contribution in [0.5, 0.6) is 0 Å². The molecule has 25 heavy (non-hydrogen) atoms. The molecule has 0 saturated heterocycles. The van der Waals surface area contributed by atoms with Crippen molar-refractivity contribution in [2.45, 2.75) is 75.1 Å². The molecule has 0 N–H and O–H groups in total. The second-order valence-electron chi connectivity index (χ2n) is 7.35. The molecule has 0 spiro atoms. The topological polar surface area (TPSA) is 0 Å². The van der Waals surface area contributed by atoms with Gasteiger partial charge in [0.2, 0.25) is 0 Å². The summed E-state index contributed by atoms with van der Waals surface area (Å²) < 4.78 is 50.6. The average Bonchev–Trinajstić information content (AvgIpc) is 2.52. The smallest absolute Gasteiger partial charge is 0.206 e. The van der Waals surface area contributed by atoms with Crippen molar-refractivity contribution in [1.29, 1.82) is 0 Å². The van der Waals surface area contributed by atoms with Crippen molar-refractivity contribution < 1.29 is 17.6 Å². The van der Waals surface area contributed by atoms with Crippen LogP contribution in [0.15, 0.2) is 12.1 Å². The van der Waals surface area contributed by atoms with Gasteiger partial charge in [-0.2, -0.15) is 8.78 Å². The van der Waals surface area contributed by atoms with E-state index in [1.54, 1.807) is 0 Å². The molecule has 0 amide bonds. The highest BCUT2D eigenvalue weighted by Crippen LogP contribution is 2.39. The van der Waals surface area contributed by atoms with Gasteiger partial charge < -0.3 is 0 Å². The van der Waals surface area contributed by atoms with Crippen LogP contribution in [0.4, 0.5) is 17.6 Å². The summed E-state index contributed by atoms with van der Waals surface area (Å²) >= 11 is 0.762. The van der Waals surface area contributed by atoms with Crippen LogP contribution in [0.1, 0.15) is 75.8 Å². The highest BCUT2D eigenvalue weighted by molar-refractivity contribution is 14.1. The standard InChI is InChI=1S/C20H27F4I/c1-2-3-4-5-14-6-8-15(9-7-14)10-11-16-12-17(21)19(18(22)13-16)20(23,24)25/h12-15H,2-11H2,1H3. The zero-order valence-corrected chi connectivity index (χ0v) is 16.9. The van der Waals surface area contributed by atoms with E-state index in [2.05, 4.69) is 6.92 Å². The summed E-state index contributed by atoms with van der Waals surface area (Å²) in [7, 11) is 0. The minimum Gasteiger partial charge on any atom is -0.206 e. The molecule has 1 aromatic rings. The van der Waals surface area contributed by atoms with Crippen LogP contribution in [0, 0.1) is 23.5 Å². The molecule has 0 aliphatic heterocycles. The van der Waals surface area contributed by atoms with Gasteiger partial charge in [-0.1, -0.05) is 58.3 Å². The van der Waals surface area contributed by atoms with Gasteiger partial charge in [-0.25, -0.2) is 8.78 Å². The Kier molecular flexibility index (Phi) is 8.02. The van der Waals surface area contributed by atoms with Crippen molar-refractivity contribution in [1.82, 2.24) is 0 Å². The zero-order valence-electron chi connectivity index (χ0n) is 14.8. The van der Waals surface area contributed by atoms with Gasteiger partial charge in [0.15, 0.2) is 0 Å². The highest BCUT2D eigenvalue weighted by atomic mass is 127. The van der Waals surface area contributed by atoms with Gasteiger partial charge in [0.25, 0.3) is 0 Å². The molecule has 2 rings (SSSR count). The van der Waals surface area contributed by atoms with E-state index in [1.165, 1.54) is 51.4 Å². The van der Waals surface area contributed by atoms with Gasteiger partial charge in [0, 0.05) is 22.6 Å². The van der Waals surface area contributed by atoms with Crippen molar-refractivity contribution in [3.8, 4) is 0 Å². The zero-order chi connectivity index (χ0) is 18.4. The Morgan fingerprint density at radius 2 is 1.48 bits per heavy atom. The van der Waals surface area contributed by atoms with E-state index in [-0.39, 0.29) is 0 Å². The number of hydrogen-bond donors (Lipinski definition) is 0. The maximum atomic E-state index is 13.8. The van der Waals surface area contributed by atoms with Crippen molar-refractivity contribution in [2.75, 3.05) is 0 Å². The van der Waals surface area contributed by atoms with E-state index in [0.29, 0.717) is 17.9 Å². The molecule has 1 aliphatic carbocycles. The minimum atomic E-state index is -3.53. The van der Waals surface area contributed by atoms with E-state index in [1.807, 2.05) is 0 Å². The first-order valence-corrected chi connectivity index (χ1v) is 10.4. The Morgan fingerprint density at radius 3 is 1.96 bits per heavy atom. The molecule has 0 heterocycles. The maximum absolute atomic E-state index is 13.8. The number of alkyl halides is 3. The summed E-state index contributed by atoms with van der Waals surface area (Å²) in [5, 5.41) is 0. The molecule has 0 bridgehead atoms. The molecular formula is C20H27F4I. The van der Waals surface area contributed by atoms with Crippen LogP contribution in [-0.4, -0.2) is 0 Å². The third-order valence-electron chi connectivity index (χ3n) is 5.41. The summed E-state index contributed by atoms with van der Waals surface area (Å²) in [5.41, 5.74) is -0.658. The van der Waals surface area contributed by atoms with Crippen LogP contribution in [-0.2, 0) is 10.4 Å². The van der Waals surface area contributed by atoms with Gasteiger partial charge in [0.1, 0.15) is 17.2 Å². The van der Waals surface area contributed by atoms with Gasteiger partial charge in [0.05, 0.1) is 0 Å². The molecule has 0 unspecified atom stereocenters. The average molecular weight is 470 g/mol. The second-order valence-corrected chi connectivity index (χ2v) is 8.71. The predicted molar refractivity (Wildman–Crippen MR) is 102 cm³/mol. The molecule has 5 heteroatoms. The second kappa shape index (κ2) is 9.56. The number of halogens is 5. The van der Waals surface area contributed by atoms with Crippen LogP contribution < -0.4 is 0 Å². The molecule has 1 saturated carbocycles. The monoisotopic (exact) mass is 470 g/mol. The fourth-order valence-corrected chi connectivity index (χ4v) is 4.42. The third-order valence-corrected chi connectivity index (χ3v) is 5.95. The van der Waals surface area contributed by atoms with Gasteiger partial charge in [-0.3, -0.25) is 0 Å². The Balaban J connectivity index is 1.83. The minimum absolute atomic E-state index is 0.476. The highest BCUT2D eigenvalue weighted by Gasteiger charge is 2.34. The van der Waals surface area contributed by atoms with E-state index >= 15 is 0 Å². The largest absolute Gasteiger partial charge is 0.327 e. The Morgan fingerprint density at radius 1 is 0.960 bits per heavy atom. The molecule has 142 valence electrons. The van der Waals surface area contributed by atoms with Crippen LogP contribution >= 0.6 is 22.6 Å².